The highest BCUT2D eigenvalue weighted by Crippen LogP contribution is 2.27. The summed E-state index contributed by atoms with van der Waals surface area (Å²) in [6.07, 6.45) is 3.09. The third-order valence-corrected chi connectivity index (χ3v) is 5.76. The van der Waals surface area contributed by atoms with Crippen LogP contribution in [-0.4, -0.2) is 32.8 Å². The van der Waals surface area contributed by atoms with Gasteiger partial charge in [0, 0.05) is 18.7 Å². The molecule has 0 aliphatic carbocycles. The van der Waals surface area contributed by atoms with Gasteiger partial charge in [-0.2, -0.15) is 0 Å². The van der Waals surface area contributed by atoms with Crippen molar-refractivity contribution in [1.82, 2.24) is 4.90 Å². The second-order valence-corrected chi connectivity index (χ2v) is 8.10. The Hall–Kier alpha value is -1.40. The Bertz CT molecular complexity index is 646. The largest absolute Gasteiger partial charge is 0.326 e. The topological polar surface area (TPSA) is 49.4 Å². The molecule has 0 spiro atoms. The lowest BCUT2D eigenvalue weighted by Gasteiger charge is -2.15. The standard InChI is InChI=1S/C18H24N2O2S2/c1-12-8-7-9-15(13(12)2)19-16(21)10-5-4-6-11-20-17(22)14(3)24-18(20)23/h7-9,14H,4-6,10-11H2,1-3H3,(H,19,21). The number of anilines is 1. The number of carbonyl (C=O) groups excluding carboxylic acids is 2. The number of amides is 2. The fourth-order valence-electron chi connectivity index (χ4n) is 2.61. The number of thioether (sulfide) groups is 1. The minimum atomic E-state index is -0.0548. The Morgan fingerprint density at radius 3 is 2.71 bits per heavy atom. The molecule has 4 nitrogen and oxygen atoms in total. The zero-order valence-corrected chi connectivity index (χ0v) is 16.1. The van der Waals surface area contributed by atoms with Gasteiger partial charge in [0.05, 0.1) is 5.25 Å². The van der Waals surface area contributed by atoms with Gasteiger partial charge in [-0.15, -0.1) is 0 Å². The van der Waals surface area contributed by atoms with Crippen LogP contribution >= 0.6 is 24.0 Å². The molecule has 1 aliphatic rings. The second kappa shape index (κ2) is 8.62. The van der Waals surface area contributed by atoms with E-state index < -0.39 is 0 Å². The highest BCUT2D eigenvalue weighted by Gasteiger charge is 2.32. The van der Waals surface area contributed by atoms with Crippen LogP contribution in [-0.2, 0) is 9.59 Å². The maximum absolute atomic E-state index is 12.0. The first kappa shape index (κ1) is 18.9. The van der Waals surface area contributed by atoms with Crippen LogP contribution in [0.3, 0.4) is 0 Å². The lowest BCUT2D eigenvalue weighted by molar-refractivity contribution is -0.125. The minimum Gasteiger partial charge on any atom is -0.326 e. The summed E-state index contributed by atoms with van der Waals surface area (Å²) in [6, 6.07) is 5.92. The molecule has 1 aromatic rings. The molecule has 6 heteroatoms. The summed E-state index contributed by atoms with van der Waals surface area (Å²) in [5.41, 5.74) is 3.17. The smallest absolute Gasteiger partial charge is 0.241 e. The number of unbranched alkanes of at least 4 members (excludes halogenated alkanes) is 2. The van der Waals surface area contributed by atoms with Crippen molar-refractivity contribution >= 4 is 45.8 Å². The van der Waals surface area contributed by atoms with E-state index in [-0.39, 0.29) is 17.1 Å². The number of aryl methyl sites for hydroxylation is 1. The summed E-state index contributed by atoms with van der Waals surface area (Å²) in [5, 5.41) is 2.92. The van der Waals surface area contributed by atoms with Gasteiger partial charge >= 0.3 is 0 Å². The van der Waals surface area contributed by atoms with Gasteiger partial charge in [-0.05, 0) is 50.8 Å². The molecule has 1 fully saturated rings. The third-order valence-electron chi connectivity index (χ3n) is 4.28. The van der Waals surface area contributed by atoms with Crippen LogP contribution in [0.2, 0.25) is 0 Å². The molecule has 1 unspecified atom stereocenters. The van der Waals surface area contributed by atoms with Gasteiger partial charge in [0.1, 0.15) is 4.32 Å². The van der Waals surface area contributed by atoms with E-state index in [0.29, 0.717) is 17.3 Å². The monoisotopic (exact) mass is 364 g/mol. The number of hydrogen-bond acceptors (Lipinski definition) is 4. The van der Waals surface area contributed by atoms with Crippen molar-refractivity contribution in [2.24, 2.45) is 0 Å². The molecule has 1 aromatic carbocycles. The van der Waals surface area contributed by atoms with Crippen molar-refractivity contribution < 1.29 is 9.59 Å². The van der Waals surface area contributed by atoms with E-state index in [1.165, 1.54) is 17.3 Å². The molecule has 1 aliphatic heterocycles. The molecule has 1 heterocycles. The molecule has 1 N–H and O–H groups in total. The number of rotatable bonds is 7. The maximum atomic E-state index is 12.0. The van der Waals surface area contributed by atoms with Crippen LogP contribution in [0.15, 0.2) is 18.2 Å². The van der Waals surface area contributed by atoms with E-state index in [2.05, 4.69) is 5.32 Å². The summed E-state index contributed by atoms with van der Waals surface area (Å²) in [4.78, 5) is 25.6. The molecule has 1 atom stereocenters. The lowest BCUT2D eigenvalue weighted by atomic mass is 10.1. The van der Waals surface area contributed by atoms with Crippen LogP contribution in [0.5, 0.6) is 0 Å². The van der Waals surface area contributed by atoms with Crippen LogP contribution in [0.25, 0.3) is 0 Å². The Labute approximate surface area is 153 Å². The number of nitrogens with zero attached hydrogens (tertiary/aromatic N) is 1. The fourth-order valence-corrected chi connectivity index (χ4v) is 4.06. The quantitative estimate of drug-likeness (QED) is 0.586. The van der Waals surface area contributed by atoms with Gasteiger partial charge < -0.3 is 5.32 Å². The van der Waals surface area contributed by atoms with Gasteiger partial charge in [0.15, 0.2) is 0 Å². The maximum Gasteiger partial charge on any atom is 0.241 e. The first-order valence-corrected chi connectivity index (χ1v) is 9.57. The van der Waals surface area contributed by atoms with Crippen LogP contribution < -0.4 is 5.32 Å². The minimum absolute atomic E-state index is 0.0423. The molecule has 0 radical (unpaired) electrons. The molecule has 2 rings (SSSR count). The zero-order valence-electron chi connectivity index (χ0n) is 14.4. The van der Waals surface area contributed by atoms with Crippen molar-refractivity contribution in [3.63, 3.8) is 0 Å². The van der Waals surface area contributed by atoms with Crippen molar-refractivity contribution in [3.05, 3.63) is 29.3 Å². The van der Waals surface area contributed by atoms with Crippen LogP contribution in [0.1, 0.15) is 43.7 Å². The summed E-state index contributed by atoms with van der Waals surface area (Å²) in [7, 11) is 0. The SMILES string of the molecule is Cc1cccc(NC(=O)CCCCCN2C(=O)C(C)SC2=S)c1C. The van der Waals surface area contributed by atoms with E-state index >= 15 is 0 Å². The molecule has 1 saturated heterocycles. The van der Waals surface area contributed by atoms with Gasteiger partial charge in [-0.1, -0.05) is 42.5 Å². The van der Waals surface area contributed by atoms with Gasteiger partial charge in [0.2, 0.25) is 11.8 Å². The number of nitrogens with one attached hydrogen (secondary N) is 1. The number of hydrogen-bond donors (Lipinski definition) is 1. The highest BCUT2D eigenvalue weighted by molar-refractivity contribution is 8.24. The summed E-state index contributed by atoms with van der Waals surface area (Å²) in [6.45, 7) is 6.60. The summed E-state index contributed by atoms with van der Waals surface area (Å²) in [5.74, 6) is 0.151. The number of thiocarbonyl (C=S) groups is 1. The van der Waals surface area contributed by atoms with E-state index in [0.717, 1.165) is 30.5 Å². The first-order chi connectivity index (χ1) is 11.4. The molecule has 0 saturated carbocycles. The molecular weight excluding hydrogens is 340 g/mol. The predicted octanol–water partition coefficient (Wildman–Crippen LogP) is 4.05. The Balaban J connectivity index is 1.67. The van der Waals surface area contributed by atoms with Crippen molar-refractivity contribution in [1.29, 1.82) is 0 Å². The number of benzene rings is 1. The molecule has 130 valence electrons. The zero-order chi connectivity index (χ0) is 17.7. The number of carbonyl (C=O) groups is 2. The molecular formula is C18H24N2O2S2. The third kappa shape index (κ3) is 4.80. The average Bonchev–Trinajstić information content (AvgIpc) is 2.77. The molecule has 0 bridgehead atoms. The van der Waals surface area contributed by atoms with Crippen LogP contribution in [0.4, 0.5) is 5.69 Å². The second-order valence-electron chi connectivity index (χ2n) is 6.12. The van der Waals surface area contributed by atoms with E-state index in [9.17, 15) is 9.59 Å². The van der Waals surface area contributed by atoms with Crippen molar-refractivity contribution in [2.45, 2.75) is 51.7 Å². The predicted molar refractivity (Wildman–Crippen MR) is 104 cm³/mol. The van der Waals surface area contributed by atoms with Crippen LogP contribution in [0, 0.1) is 13.8 Å². The fraction of sp³-hybridized carbons (Fsp3) is 0.500. The van der Waals surface area contributed by atoms with Gasteiger partial charge in [0.25, 0.3) is 0 Å². The highest BCUT2D eigenvalue weighted by atomic mass is 32.2. The Morgan fingerprint density at radius 2 is 2.04 bits per heavy atom. The van der Waals surface area contributed by atoms with E-state index in [4.69, 9.17) is 12.2 Å². The summed E-state index contributed by atoms with van der Waals surface area (Å²) < 4.78 is 0.681. The molecule has 2 amide bonds. The average molecular weight is 365 g/mol. The normalized spacial score (nSPS) is 17.5. The van der Waals surface area contributed by atoms with Gasteiger partial charge in [-0.3, -0.25) is 14.5 Å². The Kier molecular flexibility index (Phi) is 6.80. The van der Waals surface area contributed by atoms with Gasteiger partial charge in [-0.25, -0.2) is 0 Å². The van der Waals surface area contributed by atoms with Crippen molar-refractivity contribution in [3.8, 4) is 0 Å². The molecule has 24 heavy (non-hydrogen) atoms. The van der Waals surface area contributed by atoms with E-state index in [1.54, 1.807) is 4.90 Å². The van der Waals surface area contributed by atoms with E-state index in [1.807, 2.05) is 39.0 Å². The molecule has 0 aromatic heterocycles. The lowest BCUT2D eigenvalue weighted by Crippen LogP contribution is -2.31. The summed E-state index contributed by atoms with van der Waals surface area (Å²) >= 11 is 6.67. The first-order valence-electron chi connectivity index (χ1n) is 8.28. The Morgan fingerprint density at radius 1 is 1.29 bits per heavy atom. The van der Waals surface area contributed by atoms with Crippen molar-refractivity contribution in [2.75, 3.05) is 11.9 Å².